The lowest BCUT2D eigenvalue weighted by Crippen LogP contribution is -2.11. The van der Waals surface area contributed by atoms with Gasteiger partial charge in [-0.2, -0.15) is 8.80 Å². The van der Waals surface area contributed by atoms with Crippen LogP contribution in [0.3, 0.4) is 0 Å². The highest BCUT2D eigenvalue weighted by Gasteiger charge is 2.07. The molecule has 0 aliphatic carbocycles. The van der Waals surface area contributed by atoms with Crippen LogP contribution in [-0.4, -0.2) is 12.4 Å². The van der Waals surface area contributed by atoms with Crippen LogP contribution in [0.25, 0.3) is 0 Å². The monoisotopic (exact) mass is 118 g/mol. The molecule has 0 atom stereocenters. The summed E-state index contributed by atoms with van der Waals surface area (Å²) in [5, 5.41) is 10.5. The van der Waals surface area contributed by atoms with Gasteiger partial charge in [0.25, 0.3) is 0 Å². The predicted octanol–water partition coefficient (Wildman–Crippen LogP) is -0.476. The van der Waals surface area contributed by atoms with E-state index in [1.807, 2.05) is 0 Å². The maximum atomic E-state index is 5.24. The fraction of sp³-hybridized carbons (Fsp3) is 0. The van der Waals surface area contributed by atoms with Gasteiger partial charge in [0, 0.05) is 0 Å². The summed E-state index contributed by atoms with van der Waals surface area (Å²) in [5.74, 6) is 0. The molecule has 0 amide bonds. The van der Waals surface area contributed by atoms with Gasteiger partial charge in [-0.05, 0) is 0 Å². The smallest absolute Gasteiger partial charge is 0.0656 e. The molecule has 7 heavy (non-hydrogen) atoms. The van der Waals surface area contributed by atoms with E-state index in [1.54, 1.807) is 0 Å². The highest BCUT2D eigenvalue weighted by atomic mass is 32.3. The number of nitrogens with two attached hydrogens (primary N) is 2. The first-order chi connectivity index (χ1) is 3.21. The molecule has 5 heteroatoms. The molecule has 0 aromatic rings. The van der Waals surface area contributed by atoms with Crippen molar-refractivity contribution >= 4 is 23.2 Å². The lowest BCUT2D eigenvalue weighted by Gasteiger charge is -2.13. The Morgan fingerprint density at radius 3 is 1.71 bits per heavy atom. The molecule has 0 spiro atoms. The van der Waals surface area contributed by atoms with Crippen LogP contribution in [0.1, 0.15) is 0 Å². The van der Waals surface area contributed by atoms with Gasteiger partial charge in [0.15, 0.2) is 0 Å². The standard InChI is InChI=1S/C2H6N4S/c3-7(4)5-1-2-6-7/h1-2H,3-4H2. The lowest BCUT2D eigenvalue weighted by atomic mass is 10.9. The van der Waals surface area contributed by atoms with E-state index in [4.69, 9.17) is 10.3 Å². The number of hydrogen-bond acceptors (Lipinski definition) is 4. The molecule has 4 N–H and O–H groups in total. The first kappa shape index (κ1) is 4.76. The van der Waals surface area contributed by atoms with Gasteiger partial charge in [-0.25, -0.2) is 10.3 Å². The van der Waals surface area contributed by atoms with E-state index in [2.05, 4.69) is 8.80 Å². The molecule has 1 rings (SSSR count). The maximum Gasteiger partial charge on any atom is 0.0656 e. The summed E-state index contributed by atoms with van der Waals surface area (Å²) in [6, 6.07) is 0. The van der Waals surface area contributed by atoms with Gasteiger partial charge >= 0.3 is 0 Å². The Hall–Kier alpha value is -0.390. The van der Waals surface area contributed by atoms with Crippen molar-refractivity contribution in [1.82, 2.24) is 0 Å². The van der Waals surface area contributed by atoms with Crippen molar-refractivity contribution in [2.24, 2.45) is 19.1 Å². The summed E-state index contributed by atoms with van der Waals surface area (Å²) >= 11 is 0. The number of rotatable bonds is 0. The average molecular weight is 118 g/mol. The van der Waals surface area contributed by atoms with E-state index >= 15 is 0 Å². The summed E-state index contributed by atoms with van der Waals surface area (Å²) < 4.78 is 7.32. The van der Waals surface area contributed by atoms with Crippen molar-refractivity contribution in [1.29, 1.82) is 0 Å². The van der Waals surface area contributed by atoms with E-state index in [0.29, 0.717) is 0 Å². The van der Waals surface area contributed by atoms with Crippen molar-refractivity contribution in [2.75, 3.05) is 0 Å². The molecule has 0 fully saturated rings. The molecule has 0 unspecified atom stereocenters. The molecule has 0 aromatic heterocycles. The minimum atomic E-state index is -1.91. The molecule has 0 aromatic carbocycles. The largest absolute Gasteiger partial charge is 0.249 e. The van der Waals surface area contributed by atoms with Crippen molar-refractivity contribution in [2.45, 2.75) is 0 Å². The van der Waals surface area contributed by atoms with Crippen molar-refractivity contribution < 1.29 is 0 Å². The van der Waals surface area contributed by atoms with E-state index in [1.165, 1.54) is 12.4 Å². The fourth-order valence-corrected chi connectivity index (χ4v) is 0.830. The van der Waals surface area contributed by atoms with Gasteiger partial charge in [0.05, 0.1) is 23.2 Å². The van der Waals surface area contributed by atoms with Crippen LogP contribution in [0, 0.1) is 0 Å². The molecule has 0 saturated heterocycles. The summed E-state index contributed by atoms with van der Waals surface area (Å²) in [5.41, 5.74) is 0. The second-order valence-corrected chi connectivity index (χ2v) is 2.85. The summed E-state index contributed by atoms with van der Waals surface area (Å²) in [4.78, 5) is 0. The second kappa shape index (κ2) is 1.29. The van der Waals surface area contributed by atoms with E-state index < -0.39 is 10.8 Å². The molecule has 1 aliphatic heterocycles. The Morgan fingerprint density at radius 1 is 1.14 bits per heavy atom. The third kappa shape index (κ3) is 0.986. The minimum absolute atomic E-state index is 1.51. The Bertz CT molecular complexity index is 112. The topological polar surface area (TPSA) is 76.8 Å². The van der Waals surface area contributed by atoms with Gasteiger partial charge in [-0.15, -0.1) is 0 Å². The lowest BCUT2D eigenvalue weighted by molar-refractivity contribution is 1.62. The summed E-state index contributed by atoms with van der Waals surface area (Å²) in [6.45, 7) is 0. The SMILES string of the molecule is NS1(N)N=CC=N1. The highest BCUT2D eigenvalue weighted by molar-refractivity contribution is 8.28. The van der Waals surface area contributed by atoms with Gasteiger partial charge in [-0.1, -0.05) is 0 Å². The number of nitrogens with zero attached hydrogens (tertiary/aromatic N) is 2. The van der Waals surface area contributed by atoms with Crippen LogP contribution in [0.15, 0.2) is 8.80 Å². The molecule has 1 heterocycles. The summed E-state index contributed by atoms with van der Waals surface area (Å²) in [7, 11) is -1.91. The zero-order valence-electron chi connectivity index (χ0n) is 3.61. The molecular weight excluding hydrogens is 112 g/mol. The third-order valence-corrected chi connectivity index (χ3v) is 1.44. The third-order valence-electron chi connectivity index (χ3n) is 0.526. The molecule has 0 saturated carbocycles. The van der Waals surface area contributed by atoms with E-state index in [-0.39, 0.29) is 0 Å². The van der Waals surface area contributed by atoms with Crippen LogP contribution in [0.4, 0.5) is 0 Å². The van der Waals surface area contributed by atoms with Crippen molar-refractivity contribution in [3.05, 3.63) is 0 Å². The predicted molar refractivity (Wildman–Crippen MR) is 32.9 cm³/mol. The Morgan fingerprint density at radius 2 is 1.57 bits per heavy atom. The Labute approximate surface area is 43.2 Å². The maximum absolute atomic E-state index is 5.24. The van der Waals surface area contributed by atoms with Crippen LogP contribution >= 0.6 is 10.8 Å². The number of hydrogen-bond donors (Lipinski definition) is 2. The highest BCUT2D eigenvalue weighted by Crippen LogP contribution is 2.33. The molecule has 0 bridgehead atoms. The zero-order chi connectivity index (χ0) is 5.33. The Kier molecular flexibility index (Phi) is 0.878. The molecule has 0 radical (unpaired) electrons. The zero-order valence-corrected chi connectivity index (χ0v) is 4.43. The van der Waals surface area contributed by atoms with Crippen LogP contribution in [-0.2, 0) is 0 Å². The first-order valence-corrected chi connectivity index (χ1v) is 3.36. The first-order valence-electron chi connectivity index (χ1n) is 1.69. The molecular formula is C2H6N4S. The summed E-state index contributed by atoms with van der Waals surface area (Å²) in [6.07, 6.45) is 3.02. The molecule has 1 aliphatic rings. The molecule has 40 valence electrons. The van der Waals surface area contributed by atoms with Crippen LogP contribution < -0.4 is 10.3 Å². The van der Waals surface area contributed by atoms with Gasteiger partial charge in [0.1, 0.15) is 0 Å². The average Bonchev–Trinajstić information content (AvgIpc) is 1.84. The fourth-order valence-electron chi connectivity index (χ4n) is 0.277. The van der Waals surface area contributed by atoms with Crippen LogP contribution in [0.2, 0.25) is 0 Å². The van der Waals surface area contributed by atoms with E-state index in [9.17, 15) is 0 Å². The minimum Gasteiger partial charge on any atom is -0.249 e. The van der Waals surface area contributed by atoms with Crippen LogP contribution in [0.5, 0.6) is 0 Å². The van der Waals surface area contributed by atoms with Gasteiger partial charge in [-0.3, -0.25) is 0 Å². The van der Waals surface area contributed by atoms with E-state index in [0.717, 1.165) is 0 Å². The van der Waals surface area contributed by atoms with Crippen molar-refractivity contribution in [3.8, 4) is 0 Å². The van der Waals surface area contributed by atoms with Gasteiger partial charge in [0.2, 0.25) is 0 Å². The second-order valence-electron chi connectivity index (χ2n) is 1.15. The quantitative estimate of drug-likeness (QED) is 0.451. The van der Waals surface area contributed by atoms with Crippen molar-refractivity contribution in [3.63, 3.8) is 0 Å². The Balaban J connectivity index is 2.77. The van der Waals surface area contributed by atoms with Gasteiger partial charge < -0.3 is 0 Å². The normalized spacial score (nSPS) is 28.3. The molecule has 4 nitrogen and oxygen atoms in total.